The topological polar surface area (TPSA) is 71.6 Å². The molecule has 1 aromatic heterocycles. The average Bonchev–Trinajstić information content (AvgIpc) is 2.70. The van der Waals surface area contributed by atoms with Crippen molar-refractivity contribution in [1.82, 2.24) is 4.98 Å². The molecule has 2 heterocycles. The summed E-state index contributed by atoms with van der Waals surface area (Å²) in [6.07, 6.45) is 1.60. The van der Waals surface area contributed by atoms with Gasteiger partial charge in [0.2, 0.25) is 0 Å². The number of carboxylic acids is 1. The second-order valence-corrected chi connectivity index (χ2v) is 5.24. The van der Waals surface area contributed by atoms with Crippen LogP contribution in [0.3, 0.4) is 0 Å². The summed E-state index contributed by atoms with van der Waals surface area (Å²) in [7, 11) is -0.524. The fourth-order valence-corrected chi connectivity index (χ4v) is 1.65. The predicted molar refractivity (Wildman–Crippen MR) is 63.5 cm³/mol. The van der Waals surface area contributed by atoms with Gasteiger partial charge in [0.05, 0.1) is 11.2 Å². The van der Waals surface area contributed by atoms with E-state index in [1.165, 1.54) is 6.07 Å². The second-order valence-electron chi connectivity index (χ2n) is 5.24. The Bertz CT molecular complexity index is 436. The number of carbonyl (C=O) groups is 1. The van der Waals surface area contributed by atoms with Gasteiger partial charge in [0, 0.05) is 11.7 Å². The predicted octanol–water partition coefficient (Wildman–Crippen LogP) is 1.01. The van der Waals surface area contributed by atoms with Crippen molar-refractivity contribution >= 4 is 18.6 Å². The van der Waals surface area contributed by atoms with Crippen molar-refractivity contribution in [2.75, 3.05) is 0 Å². The van der Waals surface area contributed by atoms with Crippen LogP contribution < -0.4 is 5.46 Å². The lowest BCUT2D eigenvalue weighted by Gasteiger charge is -2.32. The van der Waals surface area contributed by atoms with Crippen molar-refractivity contribution in [3.05, 3.63) is 18.0 Å². The summed E-state index contributed by atoms with van der Waals surface area (Å²) in [6, 6.07) is 1.53. The number of aromatic carboxylic acids is 1. The van der Waals surface area contributed by atoms with Gasteiger partial charge in [-0.3, -0.25) is 0 Å². The van der Waals surface area contributed by atoms with E-state index in [9.17, 15) is 4.79 Å². The average molecular weight is 237 g/mol. The molecule has 0 radical (unpaired) electrons. The molecule has 1 aliphatic rings. The first-order chi connectivity index (χ1) is 7.73. The summed E-state index contributed by atoms with van der Waals surface area (Å²) in [6.45, 7) is 7.82. The summed E-state index contributed by atoms with van der Waals surface area (Å²) < 4.78 is 11.6. The molecule has 0 saturated carbocycles. The van der Waals surface area contributed by atoms with E-state index in [0.29, 0.717) is 5.46 Å². The molecule has 2 rings (SSSR count). The fourth-order valence-electron chi connectivity index (χ4n) is 1.65. The lowest BCUT2D eigenvalue weighted by molar-refractivity contribution is 0.00578. The van der Waals surface area contributed by atoms with Crippen molar-refractivity contribution < 1.29 is 19.2 Å². The van der Waals surface area contributed by atoms with Crippen LogP contribution in [0.15, 0.2) is 12.3 Å². The Kier molecular flexibility index (Phi) is 2.59. The number of aromatic nitrogens is 1. The van der Waals surface area contributed by atoms with Crippen molar-refractivity contribution in [3.8, 4) is 0 Å². The molecule has 2 N–H and O–H groups in total. The largest absolute Gasteiger partial charge is 0.496 e. The Hall–Kier alpha value is -1.27. The zero-order chi connectivity index (χ0) is 12.8. The number of H-pyrrole nitrogens is 1. The minimum Gasteiger partial charge on any atom is -0.477 e. The van der Waals surface area contributed by atoms with Gasteiger partial charge in [-0.05, 0) is 33.8 Å². The lowest BCUT2D eigenvalue weighted by atomic mass is 9.81. The molecule has 0 spiro atoms. The molecule has 1 aromatic rings. The fraction of sp³-hybridized carbons (Fsp3) is 0.545. The molecule has 1 aliphatic heterocycles. The monoisotopic (exact) mass is 237 g/mol. The highest BCUT2D eigenvalue weighted by Gasteiger charge is 2.51. The van der Waals surface area contributed by atoms with E-state index < -0.39 is 24.3 Å². The van der Waals surface area contributed by atoms with Crippen LogP contribution in [-0.2, 0) is 9.31 Å². The highest BCUT2D eigenvalue weighted by molar-refractivity contribution is 6.62. The maximum atomic E-state index is 10.8. The van der Waals surface area contributed by atoms with Gasteiger partial charge in [-0.15, -0.1) is 0 Å². The summed E-state index contributed by atoms with van der Waals surface area (Å²) in [4.78, 5) is 13.4. The van der Waals surface area contributed by atoms with E-state index in [0.717, 1.165) is 0 Å². The van der Waals surface area contributed by atoms with Crippen LogP contribution >= 0.6 is 0 Å². The van der Waals surface area contributed by atoms with Crippen LogP contribution in [-0.4, -0.2) is 34.4 Å². The molecule has 0 aliphatic carbocycles. The van der Waals surface area contributed by atoms with Gasteiger partial charge in [0.1, 0.15) is 5.69 Å². The number of hydrogen-bond acceptors (Lipinski definition) is 3. The second kappa shape index (κ2) is 3.61. The maximum absolute atomic E-state index is 10.8. The highest BCUT2D eigenvalue weighted by Crippen LogP contribution is 2.36. The first-order valence-electron chi connectivity index (χ1n) is 5.50. The lowest BCUT2D eigenvalue weighted by Crippen LogP contribution is -2.41. The van der Waals surface area contributed by atoms with Gasteiger partial charge in [-0.2, -0.15) is 0 Å². The quantitative estimate of drug-likeness (QED) is 0.753. The molecule has 0 unspecified atom stereocenters. The van der Waals surface area contributed by atoms with Gasteiger partial charge in [-0.25, -0.2) is 4.79 Å². The van der Waals surface area contributed by atoms with Gasteiger partial charge in [0.25, 0.3) is 0 Å². The van der Waals surface area contributed by atoms with E-state index in [-0.39, 0.29) is 5.69 Å². The molecule has 92 valence electrons. The van der Waals surface area contributed by atoms with Gasteiger partial charge in [-0.1, -0.05) is 0 Å². The van der Waals surface area contributed by atoms with Crippen molar-refractivity contribution in [1.29, 1.82) is 0 Å². The molecule has 0 aromatic carbocycles. The standard InChI is InChI=1S/C11H16BNO4/c1-10(2)11(3,4)17-12(16-10)7-5-8(9(14)15)13-6-7/h5-6,13H,1-4H3,(H,14,15). The van der Waals surface area contributed by atoms with E-state index in [2.05, 4.69) is 4.98 Å². The van der Waals surface area contributed by atoms with Gasteiger partial charge >= 0.3 is 13.1 Å². The molecule has 1 fully saturated rings. The number of nitrogens with one attached hydrogen (secondary N) is 1. The van der Waals surface area contributed by atoms with Crippen LogP contribution in [0.5, 0.6) is 0 Å². The number of aromatic amines is 1. The first-order valence-corrected chi connectivity index (χ1v) is 5.50. The number of hydrogen-bond donors (Lipinski definition) is 2. The van der Waals surface area contributed by atoms with Gasteiger partial charge < -0.3 is 19.4 Å². The SMILES string of the molecule is CC1(C)OB(c2c[nH]c(C(=O)O)c2)OC1(C)C. The van der Waals surface area contributed by atoms with Crippen LogP contribution in [0.4, 0.5) is 0 Å². The molecule has 5 nitrogen and oxygen atoms in total. The van der Waals surface area contributed by atoms with Crippen molar-refractivity contribution in [2.45, 2.75) is 38.9 Å². The Morgan fingerprint density at radius 2 is 1.82 bits per heavy atom. The third-order valence-electron chi connectivity index (χ3n) is 3.46. The molecular formula is C11H16BNO4. The number of rotatable bonds is 2. The molecule has 0 atom stereocenters. The van der Waals surface area contributed by atoms with Gasteiger partial charge in [0.15, 0.2) is 0 Å². The third-order valence-corrected chi connectivity index (χ3v) is 3.46. The Morgan fingerprint density at radius 3 is 2.24 bits per heavy atom. The molecule has 17 heavy (non-hydrogen) atoms. The molecule has 1 saturated heterocycles. The summed E-state index contributed by atoms with van der Waals surface area (Å²) in [5.74, 6) is -0.993. The van der Waals surface area contributed by atoms with Crippen LogP contribution in [0.1, 0.15) is 38.2 Å². The van der Waals surface area contributed by atoms with E-state index in [1.54, 1.807) is 6.20 Å². The minimum absolute atomic E-state index is 0.134. The summed E-state index contributed by atoms with van der Waals surface area (Å²) >= 11 is 0. The van der Waals surface area contributed by atoms with E-state index in [4.69, 9.17) is 14.4 Å². The van der Waals surface area contributed by atoms with Crippen molar-refractivity contribution in [3.63, 3.8) is 0 Å². The summed E-state index contributed by atoms with van der Waals surface area (Å²) in [5, 5.41) is 8.83. The normalized spacial score (nSPS) is 21.8. The molecule has 0 amide bonds. The van der Waals surface area contributed by atoms with E-state index in [1.807, 2.05) is 27.7 Å². The minimum atomic E-state index is -0.993. The zero-order valence-electron chi connectivity index (χ0n) is 10.4. The van der Waals surface area contributed by atoms with Crippen LogP contribution in [0.25, 0.3) is 0 Å². The zero-order valence-corrected chi connectivity index (χ0v) is 10.4. The Labute approximate surface area is 100 Å². The van der Waals surface area contributed by atoms with Crippen molar-refractivity contribution in [2.24, 2.45) is 0 Å². The maximum Gasteiger partial charge on any atom is 0.496 e. The molecular weight excluding hydrogens is 221 g/mol. The van der Waals surface area contributed by atoms with E-state index >= 15 is 0 Å². The first kappa shape index (κ1) is 12.2. The summed E-state index contributed by atoms with van der Waals surface area (Å²) in [5.41, 5.74) is -0.00725. The Balaban J connectivity index is 2.23. The smallest absolute Gasteiger partial charge is 0.477 e. The molecule has 6 heteroatoms. The highest BCUT2D eigenvalue weighted by atomic mass is 16.7. The molecule has 0 bridgehead atoms. The third kappa shape index (κ3) is 1.98. The Morgan fingerprint density at radius 1 is 1.29 bits per heavy atom. The van der Waals surface area contributed by atoms with Crippen LogP contribution in [0, 0.1) is 0 Å². The van der Waals surface area contributed by atoms with Crippen LogP contribution in [0.2, 0.25) is 0 Å². The number of carboxylic acid groups (broad SMARTS) is 1.